The second-order valence-corrected chi connectivity index (χ2v) is 7.16. The third kappa shape index (κ3) is 12.7. The molecule has 0 amide bonds. The number of phosphoric acid groups is 1. The zero-order valence-electron chi connectivity index (χ0n) is 13.3. The van der Waals surface area contributed by atoms with Crippen molar-refractivity contribution < 1.29 is 32.5 Å². The molecule has 0 fully saturated rings. The standard InChI is InChI=1S/C13H26NO6P/c1-12(2)13(15)18-9-7-11-20-21(16,17)19-10-6-8-14(3,4)5/h1,6-11H2,2-5H3. The lowest BCUT2D eigenvalue weighted by Gasteiger charge is -2.26. The van der Waals surface area contributed by atoms with E-state index < -0.39 is 13.8 Å². The molecule has 0 aliphatic heterocycles. The molecule has 0 aliphatic rings. The van der Waals surface area contributed by atoms with Gasteiger partial charge < -0.3 is 23.2 Å². The number of ether oxygens (including phenoxy) is 1. The van der Waals surface area contributed by atoms with Crippen LogP contribution < -0.4 is 4.89 Å². The molecule has 0 N–H and O–H groups in total. The van der Waals surface area contributed by atoms with Gasteiger partial charge in [0.15, 0.2) is 0 Å². The summed E-state index contributed by atoms with van der Waals surface area (Å²) in [7, 11) is 1.77. The monoisotopic (exact) mass is 323 g/mol. The first-order valence-electron chi connectivity index (χ1n) is 6.77. The lowest BCUT2D eigenvalue weighted by molar-refractivity contribution is -0.870. The summed E-state index contributed by atoms with van der Waals surface area (Å²) in [6.07, 6.45) is 0.892. The molecular formula is C13H26NO6P. The first kappa shape index (κ1) is 20.3. The summed E-state index contributed by atoms with van der Waals surface area (Å²) in [6, 6.07) is 0. The smallest absolute Gasteiger partial charge is 0.333 e. The second-order valence-electron chi connectivity index (χ2n) is 5.75. The maximum atomic E-state index is 11.4. The Hall–Kier alpha value is -0.720. The summed E-state index contributed by atoms with van der Waals surface area (Å²) in [6.45, 7) is 5.86. The van der Waals surface area contributed by atoms with Gasteiger partial charge >= 0.3 is 5.97 Å². The summed E-state index contributed by atoms with van der Waals surface area (Å²) >= 11 is 0. The number of carbonyl (C=O) groups excluding carboxylic acids is 1. The number of carbonyl (C=O) groups is 1. The molecule has 7 nitrogen and oxygen atoms in total. The van der Waals surface area contributed by atoms with Crippen LogP contribution in [0.2, 0.25) is 0 Å². The van der Waals surface area contributed by atoms with Crippen molar-refractivity contribution in [2.75, 3.05) is 47.5 Å². The van der Waals surface area contributed by atoms with E-state index in [1.807, 2.05) is 21.1 Å². The molecule has 124 valence electrons. The summed E-state index contributed by atoms with van der Waals surface area (Å²) in [5, 5.41) is 0. The van der Waals surface area contributed by atoms with Crippen molar-refractivity contribution in [2.24, 2.45) is 0 Å². The van der Waals surface area contributed by atoms with E-state index in [0.717, 1.165) is 11.0 Å². The van der Waals surface area contributed by atoms with Gasteiger partial charge in [-0.3, -0.25) is 4.57 Å². The van der Waals surface area contributed by atoms with Gasteiger partial charge in [-0.1, -0.05) is 6.58 Å². The molecular weight excluding hydrogens is 297 g/mol. The SMILES string of the molecule is C=C(C)C(=O)OCCCOP(=O)([O-])OCCC[N+](C)(C)C. The normalized spacial score (nSPS) is 14.5. The van der Waals surface area contributed by atoms with Gasteiger partial charge in [-0.05, 0) is 6.92 Å². The van der Waals surface area contributed by atoms with Crippen molar-refractivity contribution in [3.05, 3.63) is 12.2 Å². The van der Waals surface area contributed by atoms with E-state index in [1.165, 1.54) is 6.92 Å². The van der Waals surface area contributed by atoms with Crippen LogP contribution in [-0.2, 0) is 23.1 Å². The van der Waals surface area contributed by atoms with Crippen LogP contribution >= 0.6 is 7.82 Å². The highest BCUT2D eigenvalue weighted by Crippen LogP contribution is 2.38. The van der Waals surface area contributed by atoms with Crippen molar-refractivity contribution in [1.82, 2.24) is 0 Å². The Kier molecular flexibility index (Phi) is 9.01. The van der Waals surface area contributed by atoms with Crippen molar-refractivity contribution in [2.45, 2.75) is 19.8 Å². The average Bonchev–Trinajstić information content (AvgIpc) is 2.32. The number of hydrogen-bond acceptors (Lipinski definition) is 6. The van der Waals surface area contributed by atoms with Crippen molar-refractivity contribution >= 4 is 13.8 Å². The van der Waals surface area contributed by atoms with Gasteiger partial charge in [0, 0.05) is 18.4 Å². The number of nitrogens with zero attached hydrogens (tertiary/aromatic N) is 1. The Bertz CT molecular complexity index is 391. The fraction of sp³-hybridized carbons (Fsp3) is 0.769. The minimum absolute atomic E-state index is 0.0766. The molecule has 0 spiro atoms. The number of rotatable bonds is 11. The molecule has 0 aromatic carbocycles. The second kappa shape index (κ2) is 9.33. The van der Waals surface area contributed by atoms with E-state index in [4.69, 9.17) is 9.26 Å². The molecule has 0 saturated carbocycles. The minimum atomic E-state index is -4.27. The molecule has 0 aromatic rings. The molecule has 0 bridgehead atoms. The minimum Gasteiger partial charge on any atom is -0.756 e. The van der Waals surface area contributed by atoms with Gasteiger partial charge in [0.1, 0.15) is 0 Å². The molecule has 0 aromatic heterocycles. The molecule has 0 saturated heterocycles. The number of hydrogen-bond donors (Lipinski definition) is 0. The fourth-order valence-electron chi connectivity index (χ4n) is 1.28. The lowest BCUT2D eigenvalue weighted by atomic mass is 10.4. The summed E-state index contributed by atoms with van der Waals surface area (Å²) in [5.41, 5.74) is 0.297. The van der Waals surface area contributed by atoms with Crippen LogP contribution in [0.5, 0.6) is 0 Å². The van der Waals surface area contributed by atoms with Crippen molar-refractivity contribution in [1.29, 1.82) is 0 Å². The van der Waals surface area contributed by atoms with Crippen LogP contribution in [0, 0.1) is 0 Å². The summed E-state index contributed by atoms with van der Waals surface area (Å²) < 4.78 is 26.4. The van der Waals surface area contributed by atoms with Crippen molar-refractivity contribution in [3.8, 4) is 0 Å². The number of esters is 1. The third-order valence-corrected chi connectivity index (χ3v) is 3.34. The van der Waals surface area contributed by atoms with E-state index in [2.05, 4.69) is 11.1 Å². The quantitative estimate of drug-likeness (QED) is 0.186. The predicted molar refractivity (Wildman–Crippen MR) is 77.4 cm³/mol. The molecule has 21 heavy (non-hydrogen) atoms. The van der Waals surface area contributed by atoms with Crippen LogP contribution in [0.25, 0.3) is 0 Å². The zero-order chi connectivity index (χ0) is 16.5. The Morgan fingerprint density at radius 2 is 1.67 bits per heavy atom. The van der Waals surface area contributed by atoms with Crippen LogP contribution in [0.1, 0.15) is 19.8 Å². The van der Waals surface area contributed by atoms with E-state index >= 15 is 0 Å². The van der Waals surface area contributed by atoms with Gasteiger partial charge in [-0.2, -0.15) is 0 Å². The maximum absolute atomic E-state index is 11.4. The van der Waals surface area contributed by atoms with E-state index in [9.17, 15) is 14.3 Å². The van der Waals surface area contributed by atoms with Crippen LogP contribution in [0.4, 0.5) is 0 Å². The van der Waals surface area contributed by atoms with E-state index in [-0.39, 0.29) is 26.2 Å². The van der Waals surface area contributed by atoms with E-state index in [0.29, 0.717) is 12.0 Å². The molecule has 8 heteroatoms. The molecule has 1 atom stereocenters. The number of quaternary nitrogens is 1. The highest BCUT2D eigenvalue weighted by molar-refractivity contribution is 7.45. The lowest BCUT2D eigenvalue weighted by Crippen LogP contribution is -2.35. The first-order chi connectivity index (χ1) is 9.53. The van der Waals surface area contributed by atoms with Gasteiger partial charge in [0.05, 0.1) is 47.5 Å². The highest BCUT2D eigenvalue weighted by atomic mass is 31.2. The summed E-state index contributed by atoms with van der Waals surface area (Å²) in [5.74, 6) is -0.503. The Morgan fingerprint density at radius 3 is 2.14 bits per heavy atom. The molecule has 0 rings (SSSR count). The maximum Gasteiger partial charge on any atom is 0.333 e. The summed E-state index contributed by atoms with van der Waals surface area (Å²) in [4.78, 5) is 22.5. The predicted octanol–water partition coefficient (Wildman–Crippen LogP) is 1.09. The highest BCUT2D eigenvalue weighted by Gasteiger charge is 2.11. The Balaban J connectivity index is 3.71. The molecule has 1 unspecified atom stereocenters. The average molecular weight is 323 g/mol. The molecule has 0 aliphatic carbocycles. The Labute approximate surface area is 126 Å². The fourth-order valence-corrected chi connectivity index (χ4v) is 2.06. The number of phosphoric ester groups is 1. The van der Waals surface area contributed by atoms with Gasteiger partial charge in [-0.25, -0.2) is 4.79 Å². The topological polar surface area (TPSA) is 84.9 Å². The van der Waals surface area contributed by atoms with Crippen LogP contribution in [0.3, 0.4) is 0 Å². The van der Waals surface area contributed by atoms with Gasteiger partial charge in [0.2, 0.25) is 0 Å². The zero-order valence-corrected chi connectivity index (χ0v) is 14.2. The third-order valence-electron chi connectivity index (χ3n) is 2.34. The molecule has 0 radical (unpaired) electrons. The van der Waals surface area contributed by atoms with Gasteiger partial charge in [0.25, 0.3) is 7.82 Å². The van der Waals surface area contributed by atoms with Gasteiger partial charge in [-0.15, -0.1) is 0 Å². The molecule has 0 heterocycles. The van der Waals surface area contributed by atoms with Crippen molar-refractivity contribution in [3.63, 3.8) is 0 Å². The Morgan fingerprint density at radius 1 is 1.14 bits per heavy atom. The largest absolute Gasteiger partial charge is 0.756 e. The van der Waals surface area contributed by atoms with E-state index in [1.54, 1.807) is 0 Å². The first-order valence-corrected chi connectivity index (χ1v) is 8.23. The van der Waals surface area contributed by atoms with Crippen LogP contribution in [0.15, 0.2) is 12.2 Å². The van der Waals surface area contributed by atoms with Crippen LogP contribution in [-0.4, -0.2) is 58.0 Å².